The molecule has 3 N–H and O–H groups in total. The Morgan fingerprint density at radius 3 is 2.64 bits per heavy atom. The summed E-state index contributed by atoms with van der Waals surface area (Å²) in [5.41, 5.74) is 12.8. The molecule has 0 bridgehead atoms. The van der Waals surface area contributed by atoms with Crippen molar-refractivity contribution in [2.24, 2.45) is 5.73 Å². The third-order valence-electron chi connectivity index (χ3n) is 4.87. The van der Waals surface area contributed by atoms with E-state index in [4.69, 9.17) is 10.5 Å². The summed E-state index contributed by atoms with van der Waals surface area (Å²) in [7, 11) is 0. The number of hydrogen-bond acceptors (Lipinski definition) is 4. The van der Waals surface area contributed by atoms with Crippen molar-refractivity contribution in [1.29, 1.82) is 0 Å². The Labute approximate surface area is 164 Å². The second-order valence-corrected chi connectivity index (χ2v) is 7.25. The van der Waals surface area contributed by atoms with Crippen LogP contribution >= 0.6 is 0 Å². The number of benzene rings is 2. The smallest absolute Gasteiger partial charge is 0.138 e. The summed E-state index contributed by atoms with van der Waals surface area (Å²) >= 11 is 0. The number of nitrogens with zero attached hydrogens (tertiary/aromatic N) is 2. The summed E-state index contributed by atoms with van der Waals surface area (Å²) in [5, 5.41) is 8.41. The Morgan fingerprint density at radius 2 is 1.82 bits per heavy atom. The number of H-pyrrole nitrogens is 1. The molecule has 142 valence electrons. The minimum atomic E-state index is -0.0729. The fourth-order valence-corrected chi connectivity index (χ4v) is 3.26. The average Bonchev–Trinajstić information content (AvgIpc) is 3.09. The van der Waals surface area contributed by atoms with Crippen LogP contribution in [0.1, 0.15) is 16.8 Å². The number of fused-ring (bicyclic) bond motifs is 1. The Hall–Kier alpha value is -3.18. The van der Waals surface area contributed by atoms with Crippen molar-refractivity contribution in [3.05, 3.63) is 77.7 Å². The predicted octanol–water partition coefficient (Wildman–Crippen LogP) is 4.19. The van der Waals surface area contributed by atoms with Crippen LogP contribution < -0.4 is 10.5 Å². The lowest BCUT2D eigenvalue weighted by molar-refractivity contribution is 0.286. The number of pyridine rings is 1. The van der Waals surface area contributed by atoms with Gasteiger partial charge in [0.15, 0.2) is 0 Å². The molecule has 0 radical (unpaired) electrons. The fourth-order valence-electron chi connectivity index (χ4n) is 3.26. The number of aryl methyl sites for hydroxylation is 2. The maximum atomic E-state index is 6.25. The van der Waals surface area contributed by atoms with Crippen molar-refractivity contribution in [2.75, 3.05) is 6.61 Å². The summed E-state index contributed by atoms with van der Waals surface area (Å²) in [5.74, 6) is 0.723. The van der Waals surface area contributed by atoms with Crippen molar-refractivity contribution >= 4 is 10.9 Å². The van der Waals surface area contributed by atoms with Gasteiger partial charge in [-0.3, -0.25) is 10.1 Å². The lowest BCUT2D eigenvalue weighted by atomic mass is 10.0. The number of ether oxygens (including phenoxy) is 1. The van der Waals surface area contributed by atoms with Gasteiger partial charge in [0.05, 0.1) is 11.7 Å². The van der Waals surface area contributed by atoms with Crippen LogP contribution in [0.4, 0.5) is 0 Å². The van der Waals surface area contributed by atoms with Crippen molar-refractivity contribution in [2.45, 2.75) is 26.3 Å². The van der Waals surface area contributed by atoms with Gasteiger partial charge in [-0.15, -0.1) is 0 Å². The lowest BCUT2D eigenvalue weighted by Gasteiger charge is -2.14. The molecule has 0 fully saturated rings. The van der Waals surface area contributed by atoms with Gasteiger partial charge in [-0.1, -0.05) is 35.9 Å². The van der Waals surface area contributed by atoms with E-state index in [2.05, 4.69) is 52.4 Å². The van der Waals surface area contributed by atoms with Crippen LogP contribution in [0.5, 0.6) is 5.75 Å². The Kier molecular flexibility index (Phi) is 5.08. The van der Waals surface area contributed by atoms with Crippen LogP contribution in [0.3, 0.4) is 0 Å². The normalized spacial score (nSPS) is 12.2. The number of aromatic nitrogens is 3. The van der Waals surface area contributed by atoms with Gasteiger partial charge in [0.1, 0.15) is 12.4 Å². The van der Waals surface area contributed by atoms with E-state index in [0.717, 1.165) is 39.9 Å². The standard InChI is InChI=1S/C23H24N4O/c1-15-3-5-17(6-4-15)9-20(24)14-28-21-10-19(12-25-13-21)18-7-8-23-22(11-18)16(2)26-27-23/h3-8,10-13,20H,9,14,24H2,1-2H3,(H,26,27)/t20-/m0/s1. The van der Waals surface area contributed by atoms with Crippen LogP contribution in [0.15, 0.2) is 60.9 Å². The highest BCUT2D eigenvalue weighted by molar-refractivity contribution is 5.86. The SMILES string of the molecule is Cc1ccc(C[C@H](N)COc2cncc(-c3ccc4n[nH]c(C)c4c3)c2)cc1. The Bertz CT molecular complexity index is 1090. The van der Waals surface area contributed by atoms with Crippen LogP contribution in [0.2, 0.25) is 0 Å². The van der Waals surface area contributed by atoms with E-state index in [1.54, 1.807) is 6.20 Å². The monoisotopic (exact) mass is 372 g/mol. The number of hydrogen-bond donors (Lipinski definition) is 2. The maximum absolute atomic E-state index is 6.25. The highest BCUT2D eigenvalue weighted by Crippen LogP contribution is 2.27. The molecule has 0 aliphatic carbocycles. The molecular weight excluding hydrogens is 348 g/mol. The van der Waals surface area contributed by atoms with E-state index >= 15 is 0 Å². The van der Waals surface area contributed by atoms with Crippen LogP contribution in [0, 0.1) is 13.8 Å². The van der Waals surface area contributed by atoms with Crippen LogP contribution in [0.25, 0.3) is 22.0 Å². The van der Waals surface area contributed by atoms with Crippen molar-refractivity contribution in [3.63, 3.8) is 0 Å². The van der Waals surface area contributed by atoms with Crippen LogP contribution in [-0.2, 0) is 6.42 Å². The maximum Gasteiger partial charge on any atom is 0.138 e. The highest BCUT2D eigenvalue weighted by Gasteiger charge is 2.08. The Morgan fingerprint density at radius 1 is 1.00 bits per heavy atom. The van der Waals surface area contributed by atoms with E-state index in [1.807, 2.05) is 31.3 Å². The van der Waals surface area contributed by atoms with E-state index in [9.17, 15) is 0 Å². The number of rotatable bonds is 6. The summed E-state index contributed by atoms with van der Waals surface area (Å²) < 4.78 is 5.92. The largest absolute Gasteiger partial charge is 0.490 e. The minimum absolute atomic E-state index is 0.0729. The summed E-state index contributed by atoms with van der Waals surface area (Å²) in [4.78, 5) is 4.33. The molecule has 0 aliphatic heterocycles. The first kappa shape index (κ1) is 18.2. The molecule has 0 aliphatic rings. The number of aromatic amines is 1. The summed E-state index contributed by atoms with van der Waals surface area (Å²) in [6, 6.07) is 16.6. The molecule has 0 spiro atoms. The van der Waals surface area contributed by atoms with Gasteiger partial charge in [0.25, 0.3) is 0 Å². The molecule has 2 aromatic heterocycles. The van der Waals surface area contributed by atoms with E-state index in [-0.39, 0.29) is 6.04 Å². The molecule has 2 aromatic carbocycles. The minimum Gasteiger partial charge on any atom is -0.490 e. The van der Waals surface area contributed by atoms with Gasteiger partial charge < -0.3 is 10.5 Å². The third-order valence-corrected chi connectivity index (χ3v) is 4.87. The van der Waals surface area contributed by atoms with Crippen molar-refractivity contribution in [3.8, 4) is 16.9 Å². The predicted molar refractivity (Wildman–Crippen MR) is 112 cm³/mol. The number of nitrogens with two attached hydrogens (primary N) is 1. The molecule has 5 nitrogen and oxygen atoms in total. The first-order valence-electron chi connectivity index (χ1n) is 9.42. The van der Waals surface area contributed by atoms with Crippen LogP contribution in [-0.4, -0.2) is 27.8 Å². The second-order valence-electron chi connectivity index (χ2n) is 7.25. The van der Waals surface area contributed by atoms with Crippen molar-refractivity contribution in [1.82, 2.24) is 15.2 Å². The second kappa shape index (κ2) is 7.82. The van der Waals surface area contributed by atoms with Gasteiger partial charge in [0, 0.05) is 28.9 Å². The zero-order chi connectivity index (χ0) is 19.5. The molecule has 2 heterocycles. The molecule has 0 saturated heterocycles. The molecule has 4 aromatic rings. The van der Waals surface area contributed by atoms with Gasteiger partial charge in [0.2, 0.25) is 0 Å². The topological polar surface area (TPSA) is 76.8 Å². The fraction of sp³-hybridized carbons (Fsp3) is 0.217. The molecule has 0 saturated carbocycles. The average molecular weight is 372 g/mol. The zero-order valence-corrected chi connectivity index (χ0v) is 16.1. The number of nitrogens with one attached hydrogen (secondary N) is 1. The van der Waals surface area contributed by atoms with Gasteiger partial charge in [-0.25, -0.2) is 0 Å². The van der Waals surface area contributed by atoms with E-state index in [1.165, 1.54) is 11.1 Å². The highest BCUT2D eigenvalue weighted by atomic mass is 16.5. The van der Waals surface area contributed by atoms with Gasteiger partial charge >= 0.3 is 0 Å². The zero-order valence-electron chi connectivity index (χ0n) is 16.1. The van der Waals surface area contributed by atoms with Crippen molar-refractivity contribution < 1.29 is 4.74 Å². The third kappa shape index (κ3) is 4.05. The molecule has 1 atom stereocenters. The molecule has 5 heteroatoms. The molecule has 0 amide bonds. The summed E-state index contributed by atoms with van der Waals surface area (Å²) in [6.45, 7) is 4.55. The van der Waals surface area contributed by atoms with Gasteiger partial charge in [-0.05, 0) is 49.6 Å². The molecule has 28 heavy (non-hydrogen) atoms. The quantitative estimate of drug-likeness (QED) is 0.532. The molecule has 0 unspecified atom stereocenters. The van der Waals surface area contributed by atoms with E-state index in [0.29, 0.717) is 6.61 Å². The van der Waals surface area contributed by atoms with Gasteiger partial charge in [-0.2, -0.15) is 5.10 Å². The first-order chi connectivity index (χ1) is 13.6. The summed E-state index contributed by atoms with van der Waals surface area (Å²) in [6.07, 6.45) is 4.35. The Balaban J connectivity index is 1.44. The molecule has 4 rings (SSSR count). The van der Waals surface area contributed by atoms with E-state index < -0.39 is 0 Å². The molecular formula is C23H24N4O. The first-order valence-corrected chi connectivity index (χ1v) is 9.42. The lowest BCUT2D eigenvalue weighted by Crippen LogP contribution is -2.30.